The first kappa shape index (κ1) is 22.8. The molecule has 33 heavy (non-hydrogen) atoms. The summed E-state index contributed by atoms with van der Waals surface area (Å²) >= 11 is 0. The number of aromatic nitrogens is 2. The van der Waals surface area contributed by atoms with Crippen molar-refractivity contribution in [2.45, 2.75) is 63.8 Å². The Hall–Kier alpha value is -3.42. The van der Waals surface area contributed by atoms with Gasteiger partial charge in [0.15, 0.2) is 5.58 Å². The monoisotopic (exact) mass is 450 g/mol. The van der Waals surface area contributed by atoms with Gasteiger partial charge in [-0.15, -0.1) is 0 Å². The number of oxazole rings is 1. The van der Waals surface area contributed by atoms with Crippen LogP contribution in [0.2, 0.25) is 0 Å². The van der Waals surface area contributed by atoms with E-state index in [1.54, 1.807) is 12.1 Å². The molecule has 0 saturated heterocycles. The smallest absolute Gasteiger partial charge is 0.326 e. The third kappa shape index (κ3) is 6.31. The number of carbonyl (C=O) groups is 2. The van der Waals surface area contributed by atoms with Crippen LogP contribution in [-0.2, 0) is 28.9 Å². The van der Waals surface area contributed by atoms with Crippen LogP contribution >= 0.6 is 0 Å². The zero-order valence-electron chi connectivity index (χ0n) is 18.7. The second-order valence-electron chi connectivity index (χ2n) is 8.48. The van der Waals surface area contributed by atoms with Crippen molar-refractivity contribution in [1.82, 2.24) is 15.3 Å². The number of carboxylic acids is 1. The molecule has 8 heteroatoms. The van der Waals surface area contributed by atoms with E-state index in [0.29, 0.717) is 17.5 Å². The number of carboxylic acid groups (broad SMARTS) is 1. The zero-order valence-corrected chi connectivity index (χ0v) is 18.7. The van der Waals surface area contributed by atoms with Gasteiger partial charge in [0.05, 0.1) is 0 Å². The summed E-state index contributed by atoms with van der Waals surface area (Å²) in [5, 5.41) is 15.1. The van der Waals surface area contributed by atoms with E-state index >= 15 is 0 Å². The van der Waals surface area contributed by atoms with E-state index in [2.05, 4.69) is 27.8 Å². The van der Waals surface area contributed by atoms with Crippen LogP contribution < -0.4 is 10.6 Å². The average Bonchev–Trinajstić information content (AvgIpc) is 3.23. The lowest BCUT2D eigenvalue weighted by Gasteiger charge is -2.15. The Labute approximate surface area is 192 Å². The molecule has 3 N–H and O–H groups in total. The molecular weight excluding hydrogens is 420 g/mol. The van der Waals surface area contributed by atoms with Crippen molar-refractivity contribution in [2.24, 2.45) is 0 Å². The Kier molecular flexibility index (Phi) is 7.55. The van der Waals surface area contributed by atoms with Crippen LogP contribution in [0.5, 0.6) is 0 Å². The third-order valence-electron chi connectivity index (χ3n) is 5.97. The molecule has 8 nitrogen and oxygen atoms in total. The van der Waals surface area contributed by atoms with Crippen LogP contribution in [-0.4, -0.2) is 39.5 Å². The second kappa shape index (κ2) is 10.9. The molecule has 0 aliphatic heterocycles. The molecule has 4 rings (SSSR count). The Balaban J connectivity index is 1.15. The van der Waals surface area contributed by atoms with Gasteiger partial charge in [0.2, 0.25) is 5.91 Å². The van der Waals surface area contributed by atoms with Crippen molar-refractivity contribution in [3.8, 4) is 0 Å². The molecule has 0 unspecified atom stereocenters. The summed E-state index contributed by atoms with van der Waals surface area (Å²) in [6.07, 6.45) is 7.86. The molecule has 1 atom stereocenters. The van der Waals surface area contributed by atoms with Gasteiger partial charge in [0, 0.05) is 24.4 Å². The Bertz CT molecular complexity index is 1080. The quantitative estimate of drug-likeness (QED) is 0.379. The highest BCUT2D eigenvalue weighted by molar-refractivity contribution is 5.79. The molecule has 1 aromatic carbocycles. The minimum absolute atomic E-state index is 0.0700. The maximum absolute atomic E-state index is 12.1. The van der Waals surface area contributed by atoms with Crippen LogP contribution in [0.4, 0.5) is 6.01 Å². The van der Waals surface area contributed by atoms with Gasteiger partial charge in [0.25, 0.3) is 6.01 Å². The van der Waals surface area contributed by atoms with Gasteiger partial charge in [-0.3, -0.25) is 9.78 Å². The number of hydrogen-bond acceptors (Lipinski definition) is 6. The number of pyridine rings is 1. The number of nitrogens with zero attached hydrogens (tertiary/aromatic N) is 2. The van der Waals surface area contributed by atoms with Crippen LogP contribution in [0, 0.1) is 0 Å². The summed E-state index contributed by atoms with van der Waals surface area (Å²) < 4.78 is 5.53. The number of benzene rings is 1. The van der Waals surface area contributed by atoms with Crippen LogP contribution in [0.1, 0.15) is 55.5 Å². The van der Waals surface area contributed by atoms with Crippen molar-refractivity contribution < 1.29 is 19.1 Å². The highest BCUT2D eigenvalue weighted by Gasteiger charge is 2.20. The fourth-order valence-corrected chi connectivity index (χ4v) is 4.14. The van der Waals surface area contributed by atoms with E-state index in [0.717, 1.165) is 37.8 Å². The van der Waals surface area contributed by atoms with Gasteiger partial charge >= 0.3 is 5.97 Å². The average molecular weight is 451 g/mol. The van der Waals surface area contributed by atoms with E-state index in [9.17, 15) is 14.7 Å². The van der Waals surface area contributed by atoms with E-state index in [1.165, 1.54) is 24.1 Å². The van der Waals surface area contributed by atoms with Gasteiger partial charge in [-0.2, -0.15) is 4.98 Å². The predicted molar refractivity (Wildman–Crippen MR) is 125 cm³/mol. The van der Waals surface area contributed by atoms with Crippen LogP contribution in [0.25, 0.3) is 11.1 Å². The number of para-hydroxylation sites is 2. The van der Waals surface area contributed by atoms with Crippen LogP contribution in [0.15, 0.2) is 40.8 Å². The summed E-state index contributed by atoms with van der Waals surface area (Å²) in [5.41, 5.74) is 4.97. The predicted octanol–water partition coefficient (Wildman–Crippen LogP) is 3.89. The van der Waals surface area contributed by atoms with Gasteiger partial charge < -0.3 is 20.2 Å². The lowest BCUT2D eigenvalue weighted by atomic mass is 9.95. The summed E-state index contributed by atoms with van der Waals surface area (Å²) in [5.74, 6) is -1.09. The SMILES string of the molecule is O=C(CCCCc1ccc2c(n1)CCCC2)NCC[C@H](Nc1nc2ccccc2o1)C(=O)O. The fraction of sp³-hybridized carbons (Fsp3) is 0.440. The first-order valence-electron chi connectivity index (χ1n) is 11.7. The van der Waals surface area contributed by atoms with Crippen molar-refractivity contribution in [3.63, 3.8) is 0 Å². The van der Waals surface area contributed by atoms with Crippen molar-refractivity contribution in [3.05, 3.63) is 53.3 Å². The number of aliphatic carboxylic acids is 1. The fourth-order valence-electron chi connectivity index (χ4n) is 4.14. The van der Waals surface area contributed by atoms with Crippen molar-refractivity contribution in [1.29, 1.82) is 0 Å². The Morgan fingerprint density at radius 2 is 1.91 bits per heavy atom. The first-order valence-corrected chi connectivity index (χ1v) is 11.7. The maximum Gasteiger partial charge on any atom is 0.326 e. The summed E-state index contributed by atoms with van der Waals surface area (Å²) in [4.78, 5) is 32.8. The molecule has 1 amide bonds. The van der Waals surface area contributed by atoms with E-state index in [-0.39, 0.29) is 24.9 Å². The highest BCUT2D eigenvalue weighted by Crippen LogP contribution is 2.21. The number of fused-ring (bicyclic) bond motifs is 2. The van der Waals surface area contributed by atoms with Crippen molar-refractivity contribution in [2.75, 3.05) is 11.9 Å². The minimum atomic E-state index is -1.02. The van der Waals surface area contributed by atoms with E-state index in [4.69, 9.17) is 9.40 Å². The molecule has 1 aliphatic carbocycles. The number of hydrogen-bond donors (Lipinski definition) is 3. The summed E-state index contributed by atoms with van der Waals surface area (Å²) in [6, 6.07) is 10.8. The van der Waals surface area contributed by atoms with Gasteiger partial charge in [0.1, 0.15) is 11.6 Å². The Morgan fingerprint density at radius 1 is 1.06 bits per heavy atom. The molecule has 2 aromatic heterocycles. The number of carbonyl (C=O) groups excluding carboxylic acids is 1. The number of nitrogens with one attached hydrogen (secondary N) is 2. The molecular formula is C25H30N4O4. The normalized spacial score (nSPS) is 13.9. The number of rotatable bonds is 11. The lowest BCUT2D eigenvalue weighted by molar-refractivity contribution is -0.138. The highest BCUT2D eigenvalue weighted by atomic mass is 16.4. The third-order valence-corrected chi connectivity index (χ3v) is 5.97. The largest absolute Gasteiger partial charge is 0.480 e. The van der Waals surface area contributed by atoms with E-state index in [1.807, 2.05) is 12.1 Å². The second-order valence-corrected chi connectivity index (χ2v) is 8.48. The number of aryl methyl sites for hydroxylation is 3. The number of amides is 1. The molecule has 0 spiro atoms. The summed E-state index contributed by atoms with van der Waals surface area (Å²) in [6.45, 7) is 0.259. The molecule has 1 aliphatic rings. The van der Waals surface area contributed by atoms with Gasteiger partial charge in [-0.1, -0.05) is 18.2 Å². The zero-order chi connectivity index (χ0) is 23.0. The standard InChI is InChI=1S/C25H30N4O4/c30-23(12-6-2-8-18-14-13-17-7-1-3-9-19(17)27-18)26-16-15-21(24(31)32)29-25-28-20-10-4-5-11-22(20)33-25/h4-5,10-11,13-14,21H,1-3,6-9,12,15-16H2,(H,26,30)(H,28,29)(H,31,32)/t21-/m0/s1. The molecule has 0 fully saturated rings. The molecule has 2 heterocycles. The minimum Gasteiger partial charge on any atom is -0.480 e. The molecule has 3 aromatic rings. The number of anilines is 1. The van der Waals surface area contributed by atoms with E-state index < -0.39 is 12.0 Å². The Morgan fingerprint density at radius 3 is 2.76 bits per heavy atom. The van der Waals surface area contributed by atoms with Crippen LogP contribution in [0.3, 0.4) is 0 Å². The molecule has 0 radical (unpaired) electrons. The molecule has 0 saturated carbocycles. The maximum atomic E-state index is 12.1. The van der Waals surface area contributed by atoms with Crippen molar-refractivity contribution >= 4 is 29.0 Å². The first-order chi connectivity index (χ1) is 16.1. The molecule has 174 valence electrons. The molecule has 0 bridgehead atoms. The number of unbranched alkanes of at least 4 members (excludes halogenated alkanes) is 1. The lowest BCUT2D eigenvalue weighted by Crippen LogP contribution is -2.34. The van der Waals surface area contributed by atoms with Gasteiger partial charge in [-0.05, 0) is 75.1 Å². The topological polar surface area (TPSA) is 117 Å². The van der Waals surface area contributed by atoms with Gasteiger partial charge in [-0.25, -0.2) is 4.79 Å². The summed E-state index contributed by atoms with van der Waals surface area (Å²) in [7, 11) is 0.